The number of hydrogen-bond donors (Lipinski definition) is 3. The van der Waals surface area contributed by atoms with Crippen molar-refractivity contribution in [3.8, 4) is 0 Å². The van der Waals surface area contributed by atoms with Crippen molar-refractivity contribution in [1.82, 2.24) is 0 Å². The molecule has 0 radical (unpaired) electrons. The first-order chi connectivity index (χ1) is 13.8. The summed E-state index contributed by atoms with van der Waals surface area (Å²) >= 11 is 0. The Labute approximate surface area is 178 Å². The summed E-state index contributed by atoms with van der Waals surface area (Å²) in [6, 6.07) is 0. The highest BCUT2D eigenvalue weighted by Gasteiger charge is 2.64. The average Bonchev–Trinajstić information content (AvgIpc) is 3.05. The molecule has 168 valence electrons. The predicted octanol–water partition coefficient (Wildman–Crippen LogP) is 5.02. The van der Waals surface area contributed by atoms with E-state index in [-0.39, 0.29) is 12.2 Å². The lowest BCUT2D eigenvalue weighted by atomic mass is 9.41. The maximum atomic E-state index is 11.7. The lowest BCUT2D eigenvalue weighted by Crippen LogP contribution is -2.62. The van der Waals surface area contributed by atoms with Gasteiger partial charge in [0.25, 0.3) is 0 Å². The van der Waals surface area contributed by atoms with E-state index in [2.05, 4.69) is 27.7 Å². The third kappa shape index (κ3) is 3.33. The minimum Gasteiger partial charge on any atom is -0.396 e. The molecule has 3 heteroatoms. The molecule has 0 aromatic carbocycles. The maximum Gasteiger partial charge on any atom is 0.0605 e. The molecule has 0 spiro atoms. The van der Waals surface area contributed by atoms with Crippen molar-refractivity contribution < 1.29 is 15.3 Å². The fraction of sp³-hybridized carbons (Fsp3) is 1.00. The van der Waals surface area contributed by atoms with Gasteiger partial charge in [0, 0.05) is 6.61 Å². The van der Waals surface area contributed by atoms with Crippen LogP contribution in [0.3, 0.4) is 0 Å². The van der Waals surface area contributed by atoms with Crippen LogP contribution in [-0.2, 0) is 0 Å². The van der Waals surface area contributed by atoms with Crippen LogP contribution in [0.4, 0.5) is 0 Å². The Morgan fingerprint density at radius 3 is 2.31 bits per heavy atom. The summed E-state index contributed by atoms with van der Waals surface area (Å²) in [6.45, 7) is 10.0. The minimum absolute atomic E-state index is 0.164. The van der Waals surface area contributed by atoms with Crippen LogP contribution < -0.4 is 0 Å². The summed E-state index contributed by atoms with van der Waals surface area (Å²) in [6.07, 6.45) is 10.9. The minimum atomic E-state index is -0.190. The Hall–Kier alpha value is -0.120. The Bertz CT molecular complexity index is 578. The standard InChI is InChI=1S/C26H46O3/c1-5-18-22-15-17(28)10-12-26(22,4)21-11-13-25(3)19(16(2)7-6-14-27)8-9-20(25)23(21)24(18)29/h16-24,27-29H,5-15H2,1-4H3/t16-,17-,18?,19-,20?,21?,22+,23?,24-,25-,26-/m1/s1. The first-order valence-electron chi connectivity index (χ1n) is 12.7. The molecule has 11 atom stereocenters. The first-order valence-corrected chi connectivity index (χ1v) is 12.7. The van der Waals surface area contributed by atoms with Crippen LogP contribution in [0.15, 0.2) is 0 Å². The van der Waals surface area contributed by atoms with Gasteiger partial charge in [0.1, 0.15) is 0 Å². The van der Waals surface area contributed by atoms with E-state index in [0.29, 0.717) is 52.9 Å². The van der Waals surface area contributed by atoms with E-state index >= 15 is 0 Å². The van der Waals surface area contributed by atoms with Crippen LogP contribution >= 0.6 is 0 Å². The quantitative estimate of drug-likeness (QED) is 0.601. The molecule has 4 saturated carbocycles. The first kappa shape index (κ1) is 22.1. The molecule has 0 aromatic rings. The van der Waals surface area contributed by atoms with Crippen molar-refractivity contribution in [3.05, 3.63) is 0 Å². The van der Waals surface area contributed by atoms with E-state index in [0.717, 1.165) is 44.4 Å². The molecule has 0 bridgehead atoms. The van der Waals surface area contributed by atoms with Gasteiger partial charge in [0.05, 0.1) is 12.2 Å². The second kappa shape index (κ2) is 8.10. The molecule has 0 heterocycles. The number of aliphatic hydroxyl groups excluding tert-OH is 3. The largest absolute Gasteiger partial charge is 0.396 e. The van der Waals surface area contributed by atoms with Gasteiger partial charge in [-0.1, -0.05) is 34.1 Å². The molecular formula is C26H46O3. The molecule has 4 aliphatic rings. The summed E-state index contributed by atoms with van der Waals surface area (Å²) in [5, 5.41) is 31.4. The van der Waals surface area contributed by atoms with Gasteiger partial charge in [-0.15, -0.1) is 0 Å². The van der Waals surface area contributed by atoms with Crippen molar-refractivity contribution in [2.75, 3.05) is 6.61 Å². The molecule has 0 aromatic heterocycles. The molecule has 0 saturated heterocycles. The zero-order valence-corrected chi connectivity index (χ0v) is 19.3. The Morgan fingerprint density at radius 1 is 0.931 bits per heavy atom. The number of aliphatic hydroxyl groups is 3. The zero-order chi connectivity index (χ0) is 21.0. The number of hydrogen-bond acceptors (Lipinski definition) is 3. The summed E-state index contributed by atoms with van der Waals surface area (Å²) in [7, 11) is 0. The third-order valence-corrected chi connectivity index (χ3v) is 11.0. The van der Waals surface area contributed by atoms with Gasteiger partial charge in [-0.25, -0.2) is 0 Å². The number of rotatable bonds is 5. The highest BCUT2D eigenvalue weighted by atomic mass is 16.3. The van der Waals surface area contributed by atoms with Crippen molar-refractivity contribution in [2.45, 2.75) is 104 Å². The monoisotopic (exact) mass is 406 g/mol. The summed E-state index contributed by atoms with van der Waals surface area (Å²) < 4.78 is 0. The fourth-order valence-electron chi connectivity index (χ4n) is 9.55. The molecule has 4 unspecified atom stereocenters. The SMILES string of the molecule is CCC1[C@@H](O)C2C3CC[C@H]([C@H](C)CCCO)[C@@]3(C)CCC2[C@@]2(C)CC[C@@H](O)C[C@@H]12. The molecule has 4 aliphatic carbocycles. The van der Waals surface area contributed by atoms with Crippen LogP contribution in [-0.4, -0.2) is 34.1 Å². The lowest BCUT2D eigenvalue weighted by Gasteiger charge is -2.64. The Kier molecular flexibility index (Phi) is 6.17. The van der Waals surface area contributed by atoms with E-state index < -0.39 is 0 Å². The van der Waals surface area contributed by atoms with E-state index in [1.54, 1.807) is 0 Å². The molecule has 3 nitrogen and oxygen atoms in total. The van der Waals surface area contributed by atoms with Gasteiger partial charge in [-0.05, 0) is 110 Å². The Balaban J connectivity index is 1.63. The van der Waals surface area contributed by atoms with Crippen LogP contribution in [0.5, 0.6) is 0 Å². The van der Waals surface area contributed by atoms with Crippen molar-refractivity contribution in [1.29, 1.82) is 0 Å². The van der Waals surface area contributed by atoms with Crippen molar-refractivity contribution in [3.63, 3.8) is 0 Å². The highest BCUT2D eigenvalue weighted by molar-refractivity contribution is 5.13. The third-order valence-electron chi connectivity index (χ3n) is 11.0. The molecular weight excluding hydrogens is 360 g/mol. The fourth-order valence-corrected chi connectivity index (χ4v) is 9.55. The van der Waals surface area contributed by atoms with Crippen molar-refractivity contribution in [2.24, 2.45) is 52.3 Å². The van der Waals surface area contributed by atoms with Gasteiger partial charge in [-0.2, -0.15) is 0 Å². The average molecular weight is 407 g/mol. The number of fused-ring (bicyclic) bond motifs is 5. The highest BCUT2D eigenvalue weighted by Crippen LogP contribution is 2.69. The zero-order valence-electron chi connectivity index (χ0n) is 19.3. The lowest BCUT2D eigenvalue weighted by molar-refractivity contribution is -0.203. The second-order valence-corrected chi connectivity index (χ2v) is 12.0. The van der Waals surface area contributed by atoms with Gasteiger partial charge in [0.15, 0.2) is 0 Å². The molecule has 4 fully saturated rings. The summed E-state index contributed by atoms with van der Waals surface area (Å²) in [4.78, 5) is 0. The van der Waals surface area contributed by atoms with Crippen LogP contribution in [0, 0.1) is 52.3 Å². The van der Waals surface area contributed by atoms with E-state index in [1.165, 1.54) is 25.7 Å². The smallest absolute Gasteiger partial charge is 0.0605 e. The maximum absolute atomic E-state index is 11.7. The van der Waals surface area contributed by atoms with Crippen molar-refractivity contribution >= 4 is 0 Å². The molecule has 4 rings (SSSR count). The van der Waals surface area contributed by atoms with E-state index in [4.69, 9.17) is 0 Å². The van der Waals surface area contributed by atoms with Crippen LogP contribution in [0.2, 0.25) is 0 Å². The predicted molar refractivity (Wildman–Crippen MR) is 117 cm³/mol. The molecule has 0 aliphatic heterocycles. The topological polar surface area (TPSA) is 60.7 Å². The Morgan fingerprint density at radius 2 is 1.62 bits per heavy atom. The summed E-state index contributed by atoms with van der Waals surface area (Å²) in [5.41, 5.74) is 0.651. The molecule has 29 heavy (non-hydrogen) atoms. The second-order valence-electron chi connectivity index (χ2n) is 12.0. The molecule has 3 N–H and O–H groups in total. The summed E-state index contributed by atoms with van der Waals surface area (Å²) in [5.74, 6) is 3.97. The molecule has 0 amide bonds. The van der Waals surface area contributed by atoms with E-state index in [9.17, 15) is 15.3 Å². The van der Waals surface area contributed by atoms with Gasteiger partial charge in [-0.3, -0.25) is 0 Å². The van der Waals surface area contributed by atoms with Crippen LogP contribution in [0.25, 0.3) is 0 Å². The van der Waals surface area contributed by atoms with Gasteiger partial charge >= 0.3 is 0 Å². The van der Waals surface area contributed by atoms with E-state index in [1.807, 2.05) is 0 Å². The normalized spacial score (nSPS) is 53.1. The van der Waals surface area contributed by atoms with Crippen LogP contribution in [0.1, 0.15) is 91.9 Å². The van der Waals surface area contributed by atoms with Gasteiger partial charge in [0.2, 0.25) is 0 Å². The van der Waals surface area contributed by atoms with Gasteiger partial charge < -0.3 is 15.3 Å².